The summed E-state index contributed by atoms with van der Waals surface area (Å²) in [5.74, 6) is 0.457. The van der Waals surface area contributed by atoms with E-state index in [1.165, 1.54) is 0 Å². The first kappa shape index (κ1) is 19.3. The molecule has 0 radical (unpaired) electrons. The Morgan fingerprint density at radius 1 is 1.11 bits per heavy atom. The zero-order valence-electron chi connectivity index (χ0n) is 16.4. The summed E-state index contributed by atoms with van der Waals surface area (Å²) in [7, 11) is 0. The van der Waals surface area contributed by atoms with E-state index in [-0.39, 0.29) is 0 Å². The number of carbonyl (C=O) groups is 1. The van der Waals surface area contributed by atoms with Crippen molar-refractivity contribution >= 4 is 23.4 Å². The minimum atomic E-state index is -0.559. The van der Waals surface area contributed by atoms with Gasteiger partial charge in [-0.1, -0.05) is 6.07 Å². The Kier molecular flexibility index (Phi) is 5.54. The van der Waals surface area contributed by atoms with Crippen LogP contribution in [0.5, 0.6) is 0 Å². The number of ether oxygens (including phenoxy) is 1. The molecule has 2 N–H and O–H groups in total. The molecule has 0 spiro atoms. The Balaban J connectivity index is 1.78. The van der Waals surface area contributed by atoms with Crippen LogP contribution in [0.3, 0.4) is 0 Å². The Labute approximate surface area is 164 Å². The molecule has 144 valence electrons. The van der Waals surface area contributed by atoms with Crippen molar-refractivity contribution in [1.82, 2.24) is 15.0 Å². The second-order valence-corrected chi connectivity index (χ2v) is 7.29. The van der Waals surface area contributed by atoms with Gasteiger partial charge >= 0.3 is 6.09 Å². The number of nitrogens with one attached hydrogen (secondary N) is 2. The smallest absolute Gasteiger partial charge is 0.412 e. The molecule has 0 bridgehead atoms. The number of pyridine rings is 1. The van der Waals surface area contributed by atoms with E-state index in [1.54, 1.807) is 18.6 Å². The van der Waals surface area contributed by atoms with Gasteiger partial charge in [-0.25, -0.2) is 14.8 Å². The fraction of sp³-hybridized carbons (Fsp3) is 0.238. The van der Waals surface area contributed by atoms with Gasteiger partial charge in [-0.3, -0.25) is 10.3 Å². The molecule has 0 fully saturated rings. The first-order valence-corrected chi connectivity index (χ1v) is 8.91. The molecule has 2 aromatic heterocycles. The largest absolute Gasteiger partial charge is 0.444 e. The Morgan fingerprint density at radius 3 is 2.64 bits per heavy atom. The van der Waals surface area contributed by atoms with Crippen LogP contribution in [0.15, 0.2) is 55.0 Å². The quantitative estimate of drug-likeness (QED) is 0.669. The van der Waals surface area contributed by atoms with E-state index in [1.807, 2.05) is 64.1 Å². The summed E-state index contributed by atoms with van der Waals surface area (Å²) in [5.41, 5.74) is 3.51. The van der Waals surface area contributed by atoms with Crippen LogP contribution in [0.1, 0.15) is 26.3 Å². The van der Waals surface area contributed by atoms with Crippen molar-refractivity contribution in [3.8, 4) is 11.3 Å². The predicted molar refractivity (Wildman–Crippen MR) is 110 cm³/mol. The van der Waals surface area contributed by atoms with Crippen LogP contribution < -0.4 is 10.6 Å². The standard InChI is InChI=1S/C21H23N5O2/c1-14-7-8-16(24-20(27)28-21(2,3)4)12-18(14)26-19-23-11-9-17(25-19)15-6-5-10-22-13-15/h5-13H,1-4H3,(H,24,27)(H,23,25,26). The van der Waals surface area contributed by atoms with Crippen molar-refractivity contribution in [2.24, 2.45) is 0 Å². The molecule has 28 heavy (non-hydrogen) atoms. The molecule has 0 aliphatic carbocycles. The average Bonchev–Trinajstić information content (AvgIpc) is 2.64. The summed E-state index contributed by atoms with van der Waals surface area (Å²) in [4.78, 5) is 25.0. The SMILES string of the molecule is Cc1ccc(NC(=O)OC(C)(C)C)cc1Nc1nccc(-c2cccnc2)n1. The summed E-state index contributed by atoms with van der Waals surface area (Å²) in [5, 5.41) is 5.95. The Bertz CT molecular complexity index is 968. The molecular weight excluding hydrogens is 354 g/mol. The summed E-state index contributed by atoms with van der Waals surface area (Å²) < 4.78 is 5.29. The van der Waals surface area contributed by atoms with Crippen molar-refractivity contribution in [2.45, 2.75) is 33.3 Å². The molecule has 0 saturated carbocycles. The van der Waals surface area contributed by atoms with Gasteiger partial charge in [0.15, 0.2) is 0 Å². The van der Waals surface area contributed by atoms with E-state index in [9.17, 15) is 4.79 Å². The number of aromatic nitrogens is 3. The van der Waals surface area contributed by atoms with Crippen LogP contribution in [0, 0.1) is 6.92 Å². The first-order chi connectivity index (χ1) is 13.3. The third-order valence-corrected chi connectivity index (χ3v) is 3.74. The van der Waals surface area contributed by atoms with Crippen molar-refractivity contribution in [3.63, 3.8) is 0 Å². The normalized spacial score (nSPS) is 11.0. The van der Waals surface area contributed by atoms with Gasteiger partial charge in [-0.2, -0.15) is 0 Å². The zero-order chi connectivity index (χ0) is 20.1. The van der Waals surface area contributed by atoms with E-state index in [0.717, 1.165) is 22.5 Å². The van der Waals surface area contributed by atoms with E-state index in [4.69, 9.17) is 4.74 Å². The zero-order valence-corrected chi connectivity index (χ0v) is 16.4. The molecule has 7 heteroatoms. The summed E-state index contributed by atoms with van der Waals surface area (Å²) in [6.45, 7) is 7.43. The van der Waals surface area contributed by atoms with Gasteiger partial charge in [0.25, 0.3) is 0 Å². The number of rotatable bonds is 4. The van der Waals surface area contributed by atoms with Crippen LogP contribution in [-0.4, -0.2) is 26.6 Å². The second kappa shape index (κ2) is 8.04. The van der Waals surface area contributed by atoms with E-state index >= 15 is 0 Å². The summed E-state index contributed by atoms with van der Waals surface area (Å²) >= 11 is 0. The highest BCUT2D eigenvalue weighted by atomic mass is 16.6. The van der Waals surface area contributed by atoms with Crippen molar-refractivity contribution in [2.75, 3.05) is 10.6 Å². The van der Waals surface area contributed by atoms with Crippen molar-refractivity contribution in [3.05, 3.63) is 60.6 Å². The lowest BCUT2D eigenvalue weighted by Gasteiger charge is -2.20. The molecule has 0 aliphatic heterocycles. The molecule has 3 rings (SSSR count). The van der Waals surface area contributed by atoms with Crippen LogP contribution >= 0.6 is 0 Å². The van der Waals surface area contributed by atoms with E-state index < -0.39 is 11.7 Å². The van der Waals surface area contributed by atoms with E-state index in [0.29, 0.717) is 11.6 Å². The molecule has 2 heterocycles. The number of nitrogens with zero attached hydrogens (tertiary/aromatic N) is 3. The fourth-order valence-corrected chi connectivity index (χ4v) is 2.47. The number of carbonyl (C=O) groups excluding carboxylic acids is 1. The Hall–Kier alpha value is -3.48. The lowest BCUT2D eigenvalue weighted by Crippen LogP contribution is -2.27. The Morgan fingerprint density at radius 2 is 1.93 bits per heavy atom. The molecule has 3 aromatic rings. The first-order valence-electron chi connectivity index (χ1n) is 8.91. The topological polar surface area (TPSA) is 89.0 Å². The van der Waals surface area contributed by atoms with Crippen LogP contribution in [0.2, 0.25) is 0 Å². The highest BCUT2D eigenvalue weighted by molar-refractivity contribution is 5.86. The van der Waals surface area contributed by atoms with Crippen LogP contribution in [0.4, 0.5) is 22.1 Å². The minimum Gasteiger partial charge on any atom is -0.444 e. The maximum Gasteiger partial charge on any atom is 0.412 e. The maximum atomic E-state index is 12.0. The molecule has 0 saturated heterocycles. The van der Waals surface area contributed by atoms with Crippen molar-refractivity contribution < 1.29 is 9.53 Å². The maximum absolute atomic E-state index is 12.0. The van der Waals surface area contributed by atoms with Gasteiger partial charge in [-0.15, -0.1) is 0 Å². The number of aryl methyl sites for hydroxylation is 1. The molecular formula is C21H23N5O2. The van der Waals surface area contributed by atoms with Gasteiger partial charge in [0.2, 0.25) is 5.95 Å². The lowest BCUT2D eigenvalue weighted by molar-refractivity contribution is 0.0636. The third kappa shape index (κ3) is 5.26. The molecule has 1 amide bonds. The van der Waals surface area contributed by atoms with Crippen LogP contribution in [0.25, 0.3) is 11.3 Å². The number of hydrogen-bond acceptors (Lipinski definition) is 6. The number of amides is 1. The van der Waals surface area contributed by atoms with Gasteiger partial charge in [-0.05, 0) is 63.6 Å². The lowest BCUT2D eigenvalue weighted by atomic mass is 10.2. The minimum absolute atomic E-state index is 0.457. The van der Waals surface area contributed by atoms with Crippen LogP contribution in [-0.2, 0) is 4.74 Å². The highest BCUT2D eigenvalue weighted by Gasteiger charge is 2.16. The van der Waals surface area contributed by atoms with E-state index in [2.05, 4.69) is 25.6 Å². The average molecular weight is 377 g/mol. The molecule has 0 atom stereocenters. The monoisotopic (exact) mass is 377 g/mol. The van der Waals surface area contributed by atoms with Crippen molar-refractivity contribution in [1.29, 1.82) is 0 Å². The molecule has 1 aromatic carbocycles. The summed E-state index contributed by atoms with van der Waals surface area (Å²) in [6, 6.07) is 11.2. The molecule has 0 aliphatic rings. The number of anilines is 3. The number of benzene rings is 1. The molecule has 7 nitrogen and oxygen atoms in total. The molecule has 0 unspecified atom stereocenters. The van der Waals surface area contributed by atoms with Gasteiger partial charge < -0.3 is 10.1 Å². The third-order valence-electron chi connectivity index (χ3n) is 3.74. The predicted octanol–water partition coefficient (Wildman–Crippen LogP) is 4.94. The van der Waals surface area contributed by atoms with Gasteiger partial charge in [0.05, 0.1) is 5.69 Å². The van der Waals surface area contributed by atoms with Gasteiger partial charge in [0, 0.05) is 35.5 Å². The fourth-order valence-electron chi connectivity index (χ4n) is 2.47. The highest BCUT2D eigenvalue weighted by Crippen LogP contribution is 2.24. The number of hydrogen-bond donors (Lipinski definition) is 2. The summed E-state index contributed by atoms with van der Waals surface area (Å²) in [6.07, 6.45) is 4.66. The van der Waals surface area contributed by atoms with Gasteiger partial charge in [0.1, 0.15) is 5.60 Å². The second-order valence-electron chi connectivity index (χ2n) is 7.29.